The van der Waals surface area contributed by atoms with Gasteiger partial charge in [-0.15, -0.1) is 17.9 Å². The number of benzene rings is 1. The number of aliphatic hydroxyl groups is 1. The molecule has 1 amide bonds. The minimum absolute atomic E-state index is 0.0670. The van der Waals surface area contributed by atoms with Crippen LogP contribution in [0.25, 0.3) is 0 Å². The number of fused-ring (bicyclic) bond motifs is 1. The average molecular weight is 473 g/mol. The summed E-state index contributed by atoms with van der Waals surface area (Å²) in [6.45, 7) is 10.9. The fourth-order valence-corrected chi connectivity index (χ4v) is 5.15. The maximum absolute atomic E-state index is 13.4. The van der Waals surface area contributed by atoms with Gasteiger partial charge in [-0.25, -0.2) is 0 Å². The molecule has 6 nitrogen and oxygen atoms in total. The van der Waals surface area contributed by atoms with Crippen molar-refractivity contribution in [2.45, 2.75) is 38.8 Å². The van der Waals surface area contributed by atoms with Crippen LogP contribution >= 0.6 is 11.3 Å². The van der Waals surface area contributed by atoms with Crippen LogP contribution in [0.4, 0.5) is 0 Å². The molecule has 1 aliphatic heterocycles. The Kier molecular flexibility index (Phi) is 9.94. The normalized spacial score (nSPS) is 16.5. The van der Waals surface area contributed by atoms with Gasteiger partial charge in [0.05, 0.1) is 31.9 Å². The van der Waals surface area contributed by atoms with Crippen molar-refractivity contribution < 1.29 is 19.4 Å². The van der Waals surface area contributed by atoms with Gasteiger partial charge in [0, 0.05) is 18.0 Å². The van der Waals surface area contributed by atoms with Crippen LogP contribution in [0.1, 0.15) is 35.4 Å². The Labute approximate surface area is 201 Å². The number of hydrogen-bond donors (Lipinski definition) is 1. The number of thiophene rings is 1. The van der Waals surface area contributed by atoms with Crippen molar-refractivity contribution in [3.63, 3.8) is 0 Å². The SMILES string of the molecule is C=CCOC[C@H](O)CN(CCC)CC(=O)N1CCc2sccc2[C@H]1COc1cccc(C)c1. The average Bonchev–Trinajstić information content (AvgIpc) is 3.27. The molecule has 1 aromatic carbocycles. The molecule has 180 valence electrons. The van der Waals surface area contributed by atoms with Crippen LogP contribution in [-0.4, -0.2) is 72.9 Å². The number of nitrogens with zero attached hydrogens (tertiary/aromatic N) is 2. The van der Waals surface area contributed by atoms with E-state index in [0.29, 0.717) is 26.3 Å². The number of ether oxygens (including phenoxy) is 2. The highest BCUT2D eigenvalue weighted by molar-refractivity contribution is 7.10. The Balaban J connectivity index is 1.67. The number of amides is 1. The summed E-state index contributed by atoms with van der Waals surface area (Å²) >= 11 is 1.75. The first-order valence-electron chi connectivity index (χ1n) is 11.7. The lowest BCUT2D eigenvalue weighted by Gasteiger charge is -2.37. The summed E-state index contributed by atoms with van der Waals surface area (Å²) in [5, 5.41) is 12.4. The lowest BCUT2D eigenvalue weighted by atomic mass is 10.0. The molecule has 0 spiro atoms. The Morgan fingerprint density at radius 2 is 2.27 bits per heavy atom. The van der Waals surface area contributed by atoms with Gasteiger partial charge in [-0.1, -0.05) is 25.1 Å². The highest BCUT2D eigenvalue weighted by Crippen LogP contribution is 2.34. The van der Waals surface area contributed by atoms with E-state index in [-0.39, 0.29) is 25.1 Å². The molecule has 33 heavy (non-hydrogen) atoms. The van der Waals surface area contributed by atoms with Gasteiger partial charge in [0.25, 0.3) is 0 Å². The number of hydrogen-bond acceptors (Lipinski definition) is 6. The van der Waals surface area contributed by atoms with Crippen molar-refractivity contribution in [3.05, 3.63) is 64.4 Å². The van der Waals surface area contributed by atoms with Crippen LogP contribution in [0, 0.1) is 6.92 Å². The minimum Gasteiger partial charge on any atom is -0.491 e. The monoisotopic (exact) mass is 472 g/mol. The van der Waals surface area contributed by atoms with Gasteiger partial charge < -0.3 is 19.5 Å². The fraction of sp³-hybridized carbons (Fsp3) is 0.500. The van der Waals surface area contributed by atoms with Crippen molar-refractivity contribution >= 4 is 17.2 Å². The van der Waals surface area contributed by atoms with Crippen LogP contribution in [0.2, 0.25) is 0 Å². The van der Waals surface area contributed by atoms with Gasteiger partial charge in [-0.2, -0.15) is 0 Å². The maximum atomic E-state index is 13.4. The third kappa shape index (κ3) is 7.40. The molecular weight excluding hydrogens is 436 g/mol. The van der Waals surface area contributed by atoms with E-state index < -0.39 is 6.10 Å². The van der Waals surface area contributed by atoms with Crippen LogP contribution in [0.3, 0.4) is 0 Å². The summed E-state index contributed by atoms with van der Waals surface area (Å²) in [6.07, 6.45) is 2.79. The summed E-state index contributed by atoms with van der Waals surface area (Å²) in [7, 11) is 0. The molecule has 0 bridgehead atoms. The molecule has 0 radical (unpaired) electrons. The van der Waals surface area contributed by atoms with Crippen LogP contribution in [0.15, 0.2) is 48.4 Å². The lowest BCUT2D eigenvalue weighted by molar-refractivity contribution is -0.136. The van der Waals surface area contributed by atoms with Crippen molar-refractivity contribution in [2.75, 3.05) is 46.0 Å². The zero-order chi connectivity index (χ0) is 23.6. The first kappa shape index (κ1) is 25.4. The second-order valence-corrected chi connectivity index (χ2v) is 9.50. The van der Waals surface area contributed by atoms with Gasteiger partial charge in [0.15, 0.2) is 0 Å². The number of carbonyl (C=O) groups excluding carboxylic acids is 1. The summed E-state index contributed by atoms with van der Waals surface area (Å²) in [5.41, 5.74) is 2.33. The predicted molar refractivity (Wildman–Crippen MR) is 133 cm³/mol. The molecule has 2 atom stereocenters. The molecule has 2 heterocycles. The smallest absolute Gasteiger partial charge is 0.237 e. The summed E-state index contributed by atoms with van der Waals surface area (Å²) < 4.78 is 11.5. The lowest BCUT2D eigenvalue weighted by Crippen LogP contribution is -2.48. The number of rotatable bonds is 13. The van der Waals surface area contributed by atoms with Gasteiger partial charge in [-0.05, 0) is 61.0 Å². The molecule has 7 heteroatoms. The Morgan fingerprint density at radius 1 is 1.42 bits per heavy atom. The topological polar surface area (TPSA) is 62.2 Å². The van der Waals surface area contributed by atoms with Crippen molar-refractivity contribution in [3.8, 4) is 5.75 Å². The van der Waals surface area contributed by atoms with E-state index in [2.05, 4.69) is 24.9 Å². The standard InChI is InChI=1S/C26H36N2O4S/c1-4-11-27(16-21(29)18-31-13-5-2)17-26(30)28-12-9-25-23(10-14-33-25)24(28)19-32-22-8-6-7-20(3)15-22/h5-8,10,14-15,21,24,29H,2,4,9,11-13,16-19H2,1,3H3/t21-,24-/m1/s1. The van der Waals surface area contributed by atoms with E-state index in [1.165, 1.54) is 10.4 Å². The molecule has 1 aliphatic rings. The van der Waals surface area contributed by atoms with Crippen LogP contribution < -0.4 is 4.74 Å². The number of carbonyl (C=O) groups is 1. The van der Waals surface area contributed by atoms with Crippen molar-refractivity contribution in [1.82, 2.24) is 9.80 Å². The van der Waals surface area contributed by atoms with E-state index in [4.69, 9.17) is 9.47 Å². The zero-order valence-electron chi connectivity index (χ0n) is 19.7. The van der Waals surface area contributed by atoms with Crippen LogP contribution in [0.5, 0.6) is 5.75 Å². The second kappa shape index (κ2) is 12.9. The maximum Gasteiger partial charge on any atom is 0.237 e. The van der Waals surface area contributed by atoms with Gasteiger partial charge in [-0.3, -0.25) is 9.69 Å². The molecule has 0 unspecified atom stereocenters. The van der Waals surface area contributed by atoms with E-state index in [9.17, 15) is 9.90 Å². The molecule has 1 N–H and O–H groups in total. The zero-order valence-corrected chi connectivity index (χ0v) is 20.6. The largest absolute Gasteiger partial charge is 0.491 e. The second-order valence-electron chi connectivity index (χ2n) is 8.49. The molecule has 3 rings (SSSR count). The minimum atomic E-state index is -0.644. The van der Waals surface area contributed by atoms with Crippen molar-refractivity contribution in [1.29, 1.82) is 0 Å². The van der Waals surface area contributed by atoms with E-state index in [1.54, 1.807) is 17.4 Å². The third-order valence-corrected chi connectivity index (χ3v) is 6.72. The summed E-state index contributed by atoms with van der Waals surface area (Å²) in [6, 6.07) is 10.0. The van der Waals surface area contributed by atoms with E-state index >= 15 is 0 Å². The van der Waals surface area contributed by atoms with Gasteiger partial charge in [0.1, 0.15) is 12.4 Å². The molecule has 0 saturated carbocycles. The molecule has 0 saturated heterocycles. The molecule has 0 aliphatic carbocycles. The Bertz CT molecular complexity index is 900. The first-order chi connectivity index (χ1) is 16.0. The summed E-state index contributed by atoms with van der Waals surface area (Å²) in [5.74, 6) is 0.886. The molecule has 2 aromatic rings. The van der Waals surface area contributed by atoms with E-state index in [1.807, 2.05) is 41.0 Å². The first-order valence-corrected chi connectivity index (χ1v) is 12.5. The Hall–Kier alpha value is -2.19. The third-order valence-electron chi connectivity index (χ3n) is 5.73. The fourth-order valence-electron chi connectivity index (χ4n) is 4.23. The Morgan fingerprint density at radius 3 is 3.03 bits per heavy atom. The highest BCUT2D eigenvalue weighted by Gasteiger charge is 2.33. The summed E-state index contributed by atoms with van der Waals surface area (Å²) in [4.78, 5) is 18.7. The predicted octanol–water partition coefficient (Wildman–Crippen LogP) is 3.84. The van der Waals surface area contributed by atoms with Gasteiger partial charge in [0.2, 0.25) is 5.91 Å². The number of aryl methyl sites for hydroxylation is 1. The van der Waals surface area contributed by atoms with Crippen molar-refractivity contribution in [2.24, 2.45) is 0 Å². The highest BCUT2D eigenvalue weighted by atomic mass is 32.1. The molecule has 0 fully saturated rings. The molecule has 1 aromatic heterocycles. The van der Waals surface area contributed by atoms with Crippen LogP contribution in [-0.2, 0) is 16.0 Å². The number of aliphatic hydroxyl groups excluding tert-OH is 1. The molecular formula is C26H36N2O4S. The quantitative estimate of drug-likeness (QED) is 0.355. The van der Waals surface area contributed by atoms with E-state index in [0.717, 1.165) is 30.7 Å². The van der Waals surface area contributed by atoms with Gasteiger partial charge >= 0.3 is 0 Å².